The lowest BCUT2D eigenvalue weighted by atomic mass is 9.96. The molecule has 2 rings (SSSR count). The van der Waals surface area contributed by atoms with Crippen molar-refractivity contribution in [3.8, 4) is 0 Å². The van der Waals surface area contributed by atoms with E-state index in [9.17, 15) is 9.59 Å². The van der Waals surface area contributed by atoms with Gasteiger partial charge < -0.3 is 20.7 Å². The summed E-state index contributed by atoms with van der Waals surface area (Å²) in [7, 11) is 0. The summed E-state index contributed by atoms with van der Waals surface area (Å²) in [6, 6.07) is 6.96. The molecule has 1 saturated heterocycles. The molecule has 1 aliphatic rings. The van der Waals surface area contributed by atoms with Crippen LogP contribution in [0.15, 0.2) is 24.3 Å². The van der Waals surface area contributed by atoms with E-state index in [0.717, 1.165) is 6.42 Å². The van der Waals surface area contributed by atoms with Crippen LogP contribution in [0.5, 0.6) is 0 Å². The number of carbonyl (C=O) groups excluding carboxylic acids is 2. The number of halogens is 1. The first kappa shape index (κ1) is 20.4. The van der Waals surface area contributed by atoms with Crippen LogP contribution in [0, 0.1) is 0 Å². The SMILES string of the molecule is CCCC(C)(N)C(=O)Nc1cccc(C(=O)N2CCOCC2)c1.Cl. The summed E-state index contributed by atoms with van der Waals surface area (Å²) < 4.78 is 5.26. The van der Waals surface area contributed by atoms with Crippen LogP contribution in [-0.4, -0.2) is 48.6 Å². The molecule has 1 aromatic rings. The van der Waals surface area contributed by atoms with E-state index >= 15 is 0 Å². The van der Waals surface area contributed by atoms with Gasteiger partial charge in [0.2, 0.25) is 5.91 Å². The number of benzene rings is 1. The zero-order chi connectivity index (χ0) is 16.9. The van der Waals surface area contributed by atoms with Crippen LogP contribution in [0.4, 0.5) is 5.69 Å². The van der Waals surface area contributed by atoms with Crippen LogP contribution < -0.4 is 11.1 Å². The fourth-order valence-electron chi connectivity index (χ4n) is 2.59. The van der Waals surface area contributed by atoms with Gasteiger partial charge in [-0.15, -0.1) is 12.4 Å². The van der Waals surface area contributed by atoms with Gasteiger partial charge in [-0.25, -0.2) is 0 Å². The number of nitrogens with two attached hydrogens (primary N) is 1. The number of nitrogens with one attached hydrogen (secondary N) is 1. The Hall–Kier alpha value is -1.63. The Balaban J connectivity index is 0.00000288. The lowest BCUT2D eigenvalue weighted by molar-refractivity contribution is -0.120. The smallest absolute Gasteiger partial charge is 0.254 e. The summed E-state index contributed by atoms with van der Waals surface area (Å²) in [5, 5.41) is 2.81. The number of ether oxygens (including phenoxy) is 1. The molecule has 1 unspecified atom stereocenters. The number of hydrogen-bond acceptors (Lipinski definition) is 4. The van der Waals surface area contributed by atoms with Gasteiger partial charge in [0.15, 0.2) is 0 Å². The molecule has 0 aromatic heterocycles. The Morgan fingerprint density at radius 3 is 2.62 bits per heavy atom. The second-order valence-electron chi connectivity index (χ2n) is 6.11. The highest BCUT2D eigenvalue weighted by Crippen LogP contribution is 2.17. The van der Waals surface area contributed by atoms with Gasteiger partial charge in [0.05, 0.1) is 18.8 Å². The fourth-order valence-corrected chi connectivity index (χ4v) is 2.59. The van der Waals surface area contributed by atoms with E-state index < -0.39 is 5.54 Å². The van der Waals surface area contributed by atoms with Crippen molar-refractivity contribution in [2.24, 2.45) is 5.73 Å². The van der Waals surface area contributed by atoms with Crippen LogP contribution in [0.3, 0.4) is 0 Å². The first-order chi connectivity index (χ1) is 10.9. The molecule has 24 heavy (non-hydrogen) atoms. The molecule has 7 heteroatoms. The van der Waals surface area contributed by atoms with Gasteiger partial charge in [-0.2, -0.15) is 0 Å². The molecule has 1 aliphatic heterocycles. The minimum Gasteiger partial charge on any atom is -0.378 e. The molecule has 1 aromatic carbocycles. The normalized spacial score (nSPS) is 16.7. The minimum absolute atomic E-state index is 0. The maximum absolute atomic E-state index is 12.5. The topological polar surface area (TPSA) is 84.7 Å². The molecule has 1 atom stereocenters. The van der Waals surface area contributed by atoms with E-state index in [0.29, 0.717) is 44.0 Å². The third kappa shape index (κ3) is 5.19. The second-order valence-corrected chi connectivity index (χ2v) is 6.11. The Morgan fingerprint density at radius 2 is 2.00 bits per heavy atom. The summed E-state index contributed by atoms with van der Waals surface area (Å²) >= 11 is 0. The molecule has 6 nitrogen and oxygen atoms in total. The number of nitrogens with zero attached hydrogens (tertiary/aromatic N) is 1. The van der Waals surface area contributed by atoms with Gasteiger partial charge in [0, 0.05) is 24.3 Å². The van der Waals surface area contributed by atoms with Crippen molar-refractivity contribution < 1.29 is 14.3 Å². The third-order valence-electron chi connectivity index (χ3n) is 3.95. The maximum Gasteiger partial charge on any atom is 0.254 e. The highest BCUT2D eigenvalue weighted by molar-refractivity contribution is 6.00. The van der Waals surface area contributed by atoms with Gasteiger partial charge in [-0.1, -0.05) is 19.4 Å². The summed E-state index contributed by atoms with van der Waals surface area (Å²) in [4.78, 5) is 26.5. The zero-order valence-electron chi connectivity index (χ0n) is 14.2. The molecule has 2 amide bonds. The molecular weight excluding hydrogens is 330 g/mol. The average molecular weight is 356 g/mol. The summed E-state index contributed by atoms with van der Waals surface area (Å²) in [6.07, 6.45) is 1.43. The van der Waals surface area contributed by atoms with Gasteiger partial charge in [0.1, 0.15) is 0 Å². The standard InChI is InChI=1S/C17H25N3O3.ClH/c1-3-7-17(2,18)16(22)19-14-6-4-5-13(12-14)15(21)20-8-10-23-11-9-20;/h4-6,12H,3,7-11,18H2,1-2H3,(H,19,22);1H. The highest BCUT2D eigenvalue weighted by Gasteiger charge is 2.27. The van der Waals surface area contributed by atoms with Crippen LogP contribution in [0.1, 0.15) is 37.0 Å². The van der Waals surface area contributed by atoms with Crippen LogP contribution in [-0.2, 0) is 9.53 Å². The van der Waals surface area contributed by atoms with Crippen LogP contribution in [0.2, 0.25) is 0 Å². The Bertz CT molecular complexity index is 572. The Morgan fingerprint density at radius 1 is 1.33 bits per heavy atom. The average Bonchev–Trinajstić information content (AvgIpc) is 2.55. The van der Waals surface area contributed by atoms with Gasteiger partial charge in [-0.05, 0) is 31.5 Å². The number of morpholine rings is 1. The Labute approximate surface area is 149 Å². The number of carbonyl (C=O) groups is 2. The number of rotatable bonds is 5. The first-order valence-electron chi connectivity index (χ1n) is 8.01. The number of amides is 2. The van der Waals surface area contributed by atoms with Crippen molar-refractivity contribution in [1.29, 1.82) is 0 Å². The van der Waals surface area contributed by atoms with Crippen LogP contribution >= 0.6 is 12.4 Å². The van der Waals surface area contributed by atoms with Crippen LogP contribution in [0.25, 0.3) is 0 Å². The summed E-state index contributed by atoms with van der Waals surface area (Å²) in [5.41, 5.74) is 6.25. The minimum atomic E-state index is -0.918. The summed E-state index contributed by atoms with van der Waals surface area (Å²) in [6.45, 7) is 6.00. The molecule has 0 saturated carbocycles. The van der Waals surface area contributed by atoms with Crippen molar-refractivity contribution in [1.82, 2.24) is 4.90 Å². The van der Waals surface area contributed by atoms with E-state index in [1.807, 2.05) is 6.92 Å². The van der Waals surface area contributed by atoms with Crippen molar-refractivity contribution >= 4 is 29.9 Å². The molecule has 0 aliphatic carbocycles. The quantitative estimate of drug-likeness (QED) is 0.846. The lowest BCUT2D eigenvalue weighted by Crippen LogP contribution is -2.48. The fraction of sp³-hybridized carbons (Fsp3) is 0.529. The number of hydrogen-bond donors (Lipinski definition) is 2. The van der Waals surface area contributed by atoms with E-state index in [1.165, 1.54) is 0 Å². The van der Waals surface area contributed by atoms with Crippen molar-refractivity contribution in [3.63, 3.8) is 0 Å². The van der Waals surface area contributed by atoms with Gasteiger partial charge in [0.25, 0.3) is 5.91 Å². The molecule has 134 valence electrons. The molecule has 0 radical (unpaired) electrons. The highest BCUT2D eigenvalue weighted by atomic mass is 35.5. The predicted octanol–water partition coefficient (Wildman–Crippen LogP) is 2.04. The van der Waals surface area contributed by atoms with Gasteiger partial charge in [-0.3, -0.25) is 9.59 Å². The van der Waals surface area contributed by atoms with E-state index in [4.69, 9.17) is 10.5 Å². The lowest BCUT2D eigenvalue weighted by Gasteiger charge is -2.27. The first-order valence-corrected chi connectivity index (χ1v) is 8.01. The molecule has 3 N–H and O–H groups in total. The maximum atomic E-state index is 12.5. The van der Waals surface area contributed by atoms with E-state index in [1.54, 1.807) is 36.1 Å². The van der Waals surface area contributed by atoms with Crippen molar-refractivity contribution in [3.05, 3.63) is 29.8 Å². The monoisotopic (exact) mass is 355 g/mol. The second kappa shape index (κ2) is 9.01. The van der Waals surface area contributed by atoms with E-state index in [2.05, 4.69) is 5.32 Å². The van der Waals surface area contributed by atoms with Gasteiger partial charge >= 0.3 is 0 Å². The molecule has 0 bridgehead atoms. The predicted molar refractivity (Wildman–Crippen MR) is 96.5 cm³/mol. The van der Waals surface area contributed by atoms with E-state index in [-0.39, 0.29) is 24.2 Å². The molecule has 1 fully saturated rings. The third-order valence-corrected chi connectivity index (χ3v) is 3.95. The van der Waals surface area contributed by atoms with Crippen molar-refractivity contribution in [2.45, 2.75) is 32.2 Å². The molecule has 0 spiro atoms. The number of anilines is 1. The zero-order valence-corrected chi connectivity index (χ0v) is 15.0. The largest absolute Gasteiger partial charge is 0.378 e. The molecular formula is C17H26ClN3O3. The Kier molecular flexibility index (Phi) is 7.66. The van der Waals surface area contributed by atoms with Crippen molar-refractivity contribution in [2.75, 3.05) is 31.6 Å². The molecule has 1 heterocycles. The summed E-state index contributed by atoms with van der Waals surface area (Å²) in [5.74, 6) is -0.288.